The zero-order valence-electron chi connectivity index (χ0n) is 11.2. The second kappa shape index (κ2) is 7.06. The zero-order valence-corrected chi connectivity index (χ0v) is 12.0. The van der Waals surface area contributed by atoms with Gasteiger partial charge in [0.05, 0.1) is 16.9 Å². The number of ether oxygens (including phenoxy) is 1. The van der Waals surface area contributed by atoms with Gasteiger partial charge in [0.1, 0.15) is 17.6 Å². The number of hydrazone groups is 1. The first-order chi connectivity index (χ1) is 10.6. The number of nitrogens with zero attached hydrogens (tertiary/aromatic N) is 3. The molecule has 0 radical (unpaired) electrons. The van der Waals surface area contributed by atoms with Crippen molar-refractivity contribution < 1.29 is 4.74 Å². The highest BCUT2D eigenvalue weighted by atomic mass is 35.5. The monoisotopic (exact) mass is 314 g/mol. The summed E-state index contributed by atoms with van der Waals surface area (Å²) in [4.78, 5) is 3.94. The Kier molecular flexibility index (Phi) is 4.90. The van der Waals surface area contributed by atoms with E-state index < -0.39 is 5.84 Å². The van der Waals surface area contributed by atoms with E-state index in [-0.39, 0.29) is 5.71 Å². The normalized spacial score (nSPS) is 10.6. The van der Waals surface area contributed by atoms with E-state index in [0.29, 0.717) is 22.2 Å². The molecule has 0 fully saturated rings. The number of halogens is 1. The van der Waals surface area contributed by atoms with Gasteiger partial charge in [-0.05, 0) is 24.3 Å². The summed E-state index contributed by atoms with van der Waals surface area (Å²) in [5.41, 5.74) is 7.99. The Balaban J connectivity index is 2.13. The highest BCUT2D eigenvalue weighted by molar-refractivity contribution is 6.46. The summed E-state index contributed by atoms with van der Waals surface area (Å²) in [6.07, 6.45) is 3.23. The van der Waals surface area contributed by atoms with Crippen LogP contribution in [0.25, 0.3) is 0 Å². The van der Waals surface area contributed by atoms with Crippen molar-refractivity contribution in [3.63, 3.8) is 0 Å². The van der Waals surface area contributed by atoms with Crippen LogP contribution in [0.3, 0.4) is 0 Å². The van der Waals surface area contributed by atoms with Gasteiger partial charge in [0.15, 0.2) is 5.84 Å². The van der Waals surface area contributed by atoms with E-state index in [1.807, 2.05) is 0 Å². The lowest BCUT2D eigenvalue weighted by atomic mass is 10.3. The molecule has 1 aromatic heterocycles. The molecule has 1 aromatic carbocycles. The smallest absolute Gasteiger partial charge is 0.201 e. The fraction of sp³-hybridized carbons (Fsp3) is 0. The van der Waals surface area contributed by atoms with Gasteiger partial charge >= 0.3 is 0 Å². The van der Waals surface area contributed by atoms with Crippen molar-refractivity contribution in [2.24, 2.45) is 10.8 Å². The van der Waals surface area contributed by atoms with E-state index >= 15 is 0 Å². The molecule has 0 atom stereocenters. The van der Waals surface area contributed by atoms with Crippen LogP contribution in [0.2, 0.25) is 5.02 Å². The lowest BCUT2D eigenvalue weighted by Crippen LogP contribution is -2.21. The molecule has 1 heterocycles. The standard InChI is InChI=1S/C14H11ClN6O/c15-11-6-9(22-10-2-1-5-19-8-10)3-4-12(11)20-21-13(7-16)14(17)18/h1-6,8,20H,(H3,17,18)/b21-13+. The molecule has 2 rings (SSSR count). The summed E-state index contributed by atoms with van der Waals surface area (Å²) in [6.45, 7) is 0. The highest BCUT2D eigenvalue weighted by Gasteiger charge is 2.05. The van der Waals surface area contributed by atoms with Crippen molar-refractivity contribution in [3.8, 4) is 17.6 Å². The predicted octanol–water partition coefficient (Wildman–Crippen LogP) is 2.75. The van der Waals surface area contributed by atoms with Crippen molar-refractivity contribution in [2.45, 2.75) is 0 Å². The minimum atomic E-state index is -0.428. The highest BCUT2D eigenvalue weighted by Crippen LogP contribution is 2.29. The molecule has 0 spiro atoms. The number of rotatable bonds is 5. The maximum Gasteiger partial charge on any atom is 0.201 e. The summed E-state index contributed by atoms with van der Waals surface area (Å²) in [5.74, 6) is 0.683. The van der Waals surface area contributed by atoms with Gasteiger partial charge in [-0.3, -0.25) is 15.8 Å². The minimum absolute atomic E-state index is 0.230. The molecule has 2 aromatic rings. The predicted molar refractivity (Wildman–Crippen MR) is 84.3 cm³/mol. The van der Waals surface area contributed by atoms with Crippen LogP contribution in [0, 0.1) is 16.7 Å². The van der Waals surface area contributed by atoms with Crippen LogP contribution in [0.4, 0.5) is 5.69 Å². The Morgan fingerprint density at radius 1 is 1.41 bits per heavy atom. The van der Waals surface area contributed by atoms with Crippen LogP contribution in [-0.4, -0.2) is 16.5 Å². The number of amidine groups is 1. The van der Waals surface area contributed by atoms with E-state index in [0.717, 1.165) is 0 Å². The van der Waals surface area contributed by atoms with Crippen LogP contribution in [0.5, 0.6) is 11.5 Å². The maximum atomic E-state index is 8.75. The lowest BCUT2D eigenvalue weighted by molar-refractivity contribution is 0.480. The average Bonchev–Trinajstić information content (AvgIpc) is 2.50. The summed E-state index contributed by atoms with van der Waals surface area (Å²) in [6, 6.07) is 10.1. The van der Waals surface area contributed by atoms with Crippen molar-refractivity contribution in [3.05, 3.63) is 47.7 Å². The summed E-state index contributed by atoms with van der Waals surface area (Å²) >= 11 is 6.11. The molecule has 0 aliphatic rings. The third-order valence-electron chi connectivity index (χ3n) is 2.46. The zero-order chi connectivity index (χ0) is 15.9. The topological polar surface area (TPSA) is 120 Å². The van der Waals surface area contributed by atoms with Gasteiger partial charge in [-0.15, -0.1) is 0 Å². The van der Waals surface area contributed by atoms with Gasteiger partial charge in [0, 0.05) is 12.3 Å². The van der Waals surface area contributed by atoms with Crippen molar-refractivity contribution >= 4 is 28.8 Å². The van der Waals surface area contributed by atoms with Gasteiger partial charge in [0.2, 0.25) is 5.71 Å². The lowest BCUT2D eigenvalue weighted by Gasteiger charge is -2.08. The fourth-order valence-electron chi connectivity index (χ4n) is 1.46. The molecule has 0 aliphatic carbocycles. The molecule has 22 heavy (non-hydrogen) atoms. The van der Waals surface area contributed by atoms with Crippen molar-refractivity contribution in [1.29, 1.82) is 10.7 Å². The van der Waals surface area contributed by atoms with E-state index in [1.165, 1.54) is 0 Å². The maximum absolute atomic E-state index is 8.75. The largest absolute Gasteiger partial charge is 0.456 e. The molecule has 0 saturated carbocycles. The van der Waals surface area contributed by atoms with Gasteiger partial charge < -0.3 is 10.5 Å². The second-order valence-corrected chi connectivity index (χ2v) is 4.44. The minimum Gasteiger partial charge on any atom is -0.456 e. The fourth-order valence-corrected chi connectivity index (χ4v) is 1.67. The van der Waals surface area contributed by atoms with E-state index in [4.69, 9.17) is 32.7 Å². The molecular weight excluding hydrogens is 304 g/mol. The van der Waals surface area contributed by atoms with Crippen LogP contribution in [-0.2, 0) is 0 Å². The van der Waals surface area contributed by atoms with Crippen molar-refractivity contribution in [2.75, 3.05) is 5.43 Å². The van der Waals surface area contributed by atoms with Gasteiger partial charge in [0.25, 0.3) is 0 Å². The number of benzene rings is 1. The number of pyridine rings is 1. The Morgan fingerprint density at radius 3 is 2.82 bits per heavy atom. The molecule has 7 nitrogen and oxygen atoms in total. The molecule has 0 saturated heterocycles. The summed E-state index contributed by atoms with van der Waals surface area (Å²) in [5, 5.41) is 20.0. The Labute approximate surface area is 131 Å². The number of anilines is 1. The van der Waals surface area contributed by atoms with E-state index in [9.17, 15) is 0 Å². The first-order valence-electron chi connectivity index (χ1n) is 6.06. The Morgan fingerprint density at radius 2 is 2.23 bits per heavy atom. The number of nitriles is 1. The Bertz CT molecular complexity index is 754. The number of hydrogen-bond acceptors (Lipinski definition) is 6. The van der Waals surface area contributed by atoms with Gasteiger partial charge in [-0.25, -0.2) is 0 Å². The molecule has 0 unspecified atom stereocenters. The molecule has 8 heteroatoms. The molecular formula is C14H11ClN6O. The second-order valence-electron chi connectivity index (χ2n) is 4.03. The third kappa shape index (κ3) is 3.94. The molecule has 0 aliphatic heterocycles. The van der Waals surface area contributed by atoms with Crippen molar-refractivity contribution in [1.82, 2.24) is 4.98 Å². The SMILES string of the molecule is N#C/C(=N\Nc1ccc(Oc2cccnc2)cc1Cl)C(=N)N. The third-order valence-corrected chi connectivity index (χ3v) is 2.77. The summed E-state index contributed by atoms with van der Waals surface area (Å²) < 4.78 is 5.58. The number of nitrogens with one attached hydrogen (secondary N) is 2. The Hall–Kier alpha value is -3.11. The van der Waals surface area contributed by atoms with Crippen LogP contribution in [0.15, 0.2) is 47.8 Å². The van der Waals surface area contributed by atoms with Crippen LogP contribution in [0.1, 0.15) is 0 Å². The molecule has 110 valence electrons. The first-order valence-corrected chi connectivity index (χ1v) is 6.43. The van der Waals surface area contributed by atoms with E-state index in [1.54, 1.807) is 48.8 Å². The van der Waals surface area contributed by atoms with Crippen LogP contribution >= 0.6 is 11.6 Å². The number of aromatic nitrogens is 1. The van der Waals surface area contributed by atoms with Gasteiger partial charge in [-0.2, -0.15) is 10.4 Å². The number of hydrogen-bond donors (Lipinski definition) is 3. The van der Waals surface area contributed by atoms with E-state index in [2.05, 4.69) is 15.5 Å². The molecule has 0 amide bonds. The quantitative estimate of drug-likeness (QED) is 0.445. The van der Waals surface area contributed by atoms with Gasteiger partial charge in [-0.1, -0.05) is 11.6 Å². The number of nitrogens with two attached hydrogens (primary N) is 1. The first kappa shape index (κ1) is 15.3. The summed E-state index contributed by atoms with van der Waals surface area (Å²) in [7, 11) is 0. The molecule has 4 N–H and O–H groups in total. The van der Waals surface area contributed by atoms with Crippen LogP contribution < -0.4 is 15.9 Å². The molecule has 0 bridgehead atoms. The average molecular weight is 315 g/mol.